The number of ether oxygens (including phenoxy) is 2. The van der Waals surface area contributed by atoms with E-state index in [0.717, 1.165) is 24.2 Å². The van der Waals surface area contributed by atoms with Crippen molar-refractivity contribution in [2.45, 2.75) is 44.7 Å². The summed E-state index contributed by atoms with van der Waals surface area (Å²) >= 11 is 0. The van der Waals surface area contributed by atoms with Gasteiger partial charge in [0.25, 0.3) is 0 Å². The predicted octanol–water partition coefficient (Wildman–Crippen LogP) is 2.83. The van der Waals surface area contributed by atoms with Crippen LogP contribution in [-0.2, 0) is 9.53 Å². The van der Waals surface area contributed by atoms with Gasteiger partial charge < -0.3 is 9.47 Å². The molecular weight excluding hydrogens is 254 g/mol. The van der Waals surface area contributed by atoms with Crippen LogP contribution in [0.4, 0.5) is 0 Å². The molecule has 0 heterocycles. The fourth-order valence-electron chi connectivity index (χ4n) is 2.70. The van der Waals surface area contributed by atoms with E-state index in [2.05, 4.69) is 5.32 Å². The van der Waals surface area contributed by atoms with E-state index in [1.54, 1.807) is 0 Å². The number of hydrogen-bond donors (Lipinski definition) is 1. The maximum atomic E-state index is 12.0. The Morgan fingerprint density at radius 1 is 1.40 bits per heavy atom. The van der Waals surface area contributed by atoms with Crippen molar-refractivity contribution in [2.75, 3.05) is 13.7 Å². The first-order valence-corrected chi connectivity index (χ1v) is 7.31. The minimum atomic E-state index is -0.413. The van der Waals surface area contributed by atoms with Crippen LogP contribution < -0.4 is 10.1 Å². The van der Waals surface area contributed by atoms with Crippen LogP contribution in [0.3, 0.4) is 0 Å². The standard InChI is InChI=1S/C16H23NO3/c1-3-20-14-10-6-7-12(11-14)15(16(18)19-2)17-13-8-4-5-9-13/h6-7,10-11,13,15,17H,3-5,8-9H2,1-2H3. The number of hydrogen-bond acceptors (Lipinski definition) is 4. The average molecular weight is 277 g/mol. The molecule has 20 heavy (non-hydrogen) atoms. The van der Waals surface area contributed by atoms with Crippen LogP contribution in [0.5, 0.6) is 5.75 Å². The van der Waals surface area contributed by atoms with Crippen LogP contribution in [0.2, 0.25) is 0 Å². The molecule has 0 aliphatic heterocycles. The minimum absolute atomic E-state index is 0.245. The SMILES string of the molecule is CCOc1cccc(C(NC2CCCC2)C(=O)OC)c1. The van der Waals surface area contributed by atoms with E-state index in [0.29, 0.717) is 12.6 Å². The highest BCUT2D eigenvalue weighted by atomic mass is 16.5. The lowest BCUT2D eigenvalue weighted by Gasteiger charge is -2.21. The Balaban J connectivity index is 2.16. The maximum Gasteiger partial charge on any atom is 0.327 e. The minimum Gasteiger partial charge on any atom is -0.494 e. The molecule has 4 heteroatoms. The van der Waals surface area contributed by atoms with Crippen LogP contribution in [0.15, 0.2) is 24.3 Å². The first-order chi connectivity index (χ1) is 9.74. The van der Waals surface area contributed by atoms with E-state index < -0.39 is 6.04 Å². The summed E-state index contributed by atoms with van der Waals surface area (Å²) < 4.78 is 10.4. The number of nitrogens with one attached hydrogen (secondary N) is 1. The number of benzene rings is 1. The lowest BCUT2D eigenvalue weighted by molar-refractivity contribution is -0.143. The highest BCUT2D eigenvalue weighted by Gasteiger charge is 2.26. The molecule has 0 radical (unpaired) electrons. The summed E-state index contributed by atoms with van der Waals surface area (Å²) in [5.41, 5.74) is 0.898. The number of carbonyl (C=O) groups is 1. The third-order valence-corrected chi connectivity index (χ3v) is 3.70. The van der Waals surface area contributed by atoms with Gasteiger partial charge in [0.05, 0.1) is 13.7 Å². The summed E-state index contributed by atoms with van der Waals surface area (Å²) in [4.78, 5) is 12.0. The van der Waals surface area contributed by atoms with Gasteiger partial charge in [-0.25, -0.2) is 4.79 Å². The fourth-order valence-corrected chi connectivity index (χ4v) is 2.70. The molecule has 1 fully saturated rings. The number of methoxy groups -OCH3 is 1. The average Bonchev–Trinajstić information content (AvgIpc) is 2.98. The van der Waals surface area contributed by atoms with Crippen LogP contribution in [-0.4, -0.2) is 25.7 Å². The first kappa shape index (κ1) is 14.9. The van der Waals surface area contributed by atoms with Crippen molar-refractivity contribution < 1.29 is 14.3 Å². The van der Waals surface area contributed by atoms with Gasteiger partial charge in [-0.2, -0.15) is 0 Å². The quantitative estimate of drug-likeness (QED) is 0.812. The lowest BCUT2D eigenvalue weighted by atomic mass is 10.0. The van der Waals surface area contributed by atoms with Crippen molar-refractivity contribution in [3.05, 3.63) is 29.8 Å². The summed E-state index contributed by atoms with van der Waals surface area (Å²) in [6, 6.07) is 7.64. The summed E-state index contributed by atoms with van der Waals surface area (Å²) in [7, 11) is 1.43. The molecule has 1 atom stereocenters. The summed E-state index contributed by atoms with van der Waals surface area (Å²) in [6.45, 7) is 2.56. The van der Waals surface area contributed by atoms with Crippen LogP contribution in [0.25, 0.3) is 0 Å². The molecule has 0 amide bonds. The summed E-state index contributed by atoms with van der Waals surface area (Å²) in [5, 5.41) is 3.42. The third-order valence-electron chi connectivity index (χ3n) is 3.70. The lowest BCUT2D eigenvalue weighted by Crippen LogP contribution is -2.36. The molecule has 1 aliphatic carbocycles. The van der Waals surface area contributed by atoms with E-state index in [1.807, 2.05) is 31.2 Å². The van der Waals surface area contributed by atoms with Crippen LogP contribution in [0.1, 0.15) is 44.2 Å². The van der Waals surface area contributed by atoms with Crippen molar-refractivity contribution in [2.24, 2.45) is 0 Å². The van der Waals surface area contributed by atoms with Crippen molar-refractivity contribution in [3.63, 3.8) is 0 Å². The highest BCUT2D eigenvalue weighted by molar-refractivity contribution is 5.77. The van der Waals surface area contributed by atoms with Gasteiger partial charge in [0.15, 0.2) is 0 Å². The molecule has 0 spiro atoms. The van der Waals surface area contributed by atoms with Gasteiger partial charge in [-0.1, -0.05) is 25.0 Å². The zero-order valence-corrected chi connectivity index (χ0v) is 12.2. The van der Waals surface area contributed by atoms with Crippen molar-refractivity contribution in [3.8, 4) is 5.75 Å². The zero-order chi connectivity index (χ0) is 14.4. The Morgan fingerprint density at radius 2 is 2.15 bits per heavy atom. The molecule has 4 nitrogen and oxygen atoms in total. The molecule has 1 aliphatic rings. The molecular formula is C16H23NO3. The van der Waals surface area contributed by atoms with Gasteiger partial charge in [-0.3, -0.25) is 5.32 Å². The Hall–Kier alpha value is -1.55. The molecule has 1 saturated carbocycles. The van der Waals surface area contributed by atoms with Crippen LogP contribution >= 0.6 is 0 Å². The number of rotatable bonds is 6. The fraction of sp³-hybridized carbons (Fsp3) is 0.562. The largest absolute Gasteiger partial charge is 0.494 e. The molecule has 1 aromatic rings. The van der Waals surface area contributed by atoms with Gasteiger partial charge in [-0.15, -0.1) is 0 Å². The molecule has 1 aromatic carbocycles. The van der Waals surface area contributed by atoms with Gasteiger partial charge in [-0.05, 0) is 37.5 Å². The smallest absolute Gasteiger partial charge is 0.327 e. The zero-order valence-electron chi connectivity index (χ0n) is 12.2. The number of carbonyl (C=O) groups excluding carboxylic acids is 1. The Morgan fingerprint density at radius 3 is 2.80 bits per heavy atom. The van der Waals surface area contributed by atoms with Crippen molar-refractivity contribution in [1.29, 1.82) is 0 Å². The van der Waals surface area contributed by atoms with Crippen LogP contribution in [0, 0.1) is 0 Å². The Kier molecular flexibility index (Phi) is 5.41. The van der Waals surface area contributed by atoms with Crippen molar-refractivity contribution in [1.82, 2.24) is 5.32 Å². The normalized spacial score (nSPS) is 16.9. The van der Waals surface area contributed by atoms with Crippen molar-refractivity contribution >= 4 is 5.97 Å². The molecule has 0 aromatic heterocycles. The molecule has 1 N–H and O–H groups in total. The Labute approximate surface area is 120 Å². The van der Waals surface area contributed by atoms with E-state index in [9.17, 15) is 4.79 Å². The van der Waals surface area contributed by atoms with E-state index in [-0.39, 0.29) is 5.97 Å². The van der Waals surface area contributed by atoms with E-state index in [4.69, 9.17) is 9.47 Å². The van der Waals surface area contributed by atoms with Gasteiger partial charge >= 0.3 is 5.97 Å². The van der Waals surface area contributed by atoms with Gasteiger partial charge in [0.1, 0.15) is 11.8 Å². The predicted molar refractivity (Wildman–Crippen MR) is 77.8 cm³/mol. The van der Waals surface area contributed by atoms with Gasteiger partial charge in [0, 0.05) is 6.04 Å². The molecule has 110 valence electrons. The highest BCUT2D eigenvalue weighted by Crippen LogP contribution is 2.25. The second-order valence-corrected chi connectivity index (χ2v) is 5.11. The summed E-state index contributed by atoms with van der Waals surface area (Å²) in [5.74, 6) is 0.540. The third kappa shape index (κ3) is 3.73. The Bertz CT molecular complexity index is 441. The monoisotopic (exact) mass is 277 g/mol. The first-order valence-electron chi connectivity index (χ1n) is 7.31. The second-order valence-electron chi connectivity index (χ2n) is 5.11. The van der Waals surface area contributed by atoms with E-state index >= 15 is 0 Å². The molecule has 1 unspecified atom stereocenters. The molecule has 0 saturated heterocycles. The maximum absolute atomic E-state index is 12.0. The van der Waals surface area contributed by atoms with Gasteiger partial charge in [0.2, 0.25) is 0 Å². The second kappa shape index (κ2) is 7.29. The molecule has 0 bridgehead atoms. The summed E-state index contributed by atoms with van der Waals surface area (Å²) in [6.07, 6.45) is 4.70. The van der Waals surface area contributed by atoms with E-state index in [1.165, 1.54) is 20.0 Å². The topological polar surface area (TPSA) is 47.6 Å². The number of esters is 1. The molecule has 2 rings (SSSR count).